The molecule has 0 radical (unpaired) electrons. The maximum atomic E-state index is 13.8. The summed E-state index contributed by atoms with van der Waals surface area (Å²) >= 11 is 3.27. The Morgan fingerprint density at radius 2 is 2.00 bits per heavy atom. The molecule has 0 heterocycles. The number of aliphatic hydroxyl groups excluding tert-OH is 1. The third-order valence-electron chi connectivity index (χ3n) is 3.04. The average molecular weight is 325 g/mol. The minimum absolute atomic E-state index is 0.246. The Labute approximate surface area is 120 Å². The monoisotopic (exact) mass is 324 g/mol. The van der Waals surface area contributed by atoms with Crippen LogP contribution in [0.25, 0.3) is 0 Å². The lowest BCUT2D eigenvalue weighted by molar-refractivity contribution is 0.213. The molecular formula is C15H14BrFO2. The van der Waals surface area contributed by atoms with Crippen molar-refractivity contribution in [3.8, 4) is 5.75 Å². The normalized spacial score (nSPS) is 12.3. The molecule has 2 aromatic carbocycles. The van der Waals surface area contributed by atoms with Gasteiger partial charge in [0.25, 0.3) is 0 Å². The van der Waals surface area contributed by atoms with E-state index in [0.29, 0.717) is 15.8 Å². The number of aliphatic hydroxyl groups is 1. The second-order valence-corrected chi connectivity index (χ2v) is 5.11. The van der Waals surface area contributed by atoms with E-state index in [0.717, 1.165) is 5.56 Å². The predicted octanol–water partition coefficient (Wildman–Crippen LogP) is 3.99. The standard InChI is InChI=1S/C15H14BrFO2/c1-9-8-10(19-2)6-7-11(9)15(18)14-12(16)4-3-5-13(14)17/h3-8,15,18H,1-2H3. The van der Waals surface area contributed by atoms with E-state index in [9.17, 15) is 9.50 Å². The van der Waals surface area contributed by atoms with Crippen LogP contribution in [-0.4, -0.2) is 12.2 Å². The number of halogens is 2. The van der Waals surface area contributed by atoms with Crippen LogP contribution in [0, 0.1) is 12.7 Å². The molecule has 4 heteroatoms. The summed E-state index contributed by atoms with van der Waals surface area (Å²) in [6.07, 6.45) is -1.01. The van der Waals surface area contributed by atoms with Crippen molar-refractivity contribution in [2.45, 2.75) is 13.0 Å². The van der Waals surface area contributed by atoms with E-state index in [1.807, 2.05) is 13.0 Å². The quantitative estimate of drug-likeness (QED) is 0.925. The fourth-order valence-electron chi connectivity index (χ4n) is 2.01. The Bertz CT molecular complexity index is 578. The van der Waals surface area contributed by atoms with Crippen LogP contribution < -0.4 is 4.74 Å². The molecule has 0 aliphatic carbocycles. The predicted molar refractivity (Wildman–Crippen MR) is 75.9 cm³/mol. The summed E-state index contributed by atoms with van der Waals surface area (Å²) in [5.41, 5.74) is 1.75. The summed E-state index contributed by atoms with van der Waals surface area (Å²) in [4.78, 5) is 0. The Morgan fingerprint density at radius 3 is 2.58 bits per heavy atom. The van der Waals surface area contributed by atoms with Gasteiger partial charge in [-0.1, -0.05) is 28.1 Å². The van der Waals surface area contributed by atoms with Crippen LogP contribution in [0.1, 0.15) is 22.8 Å². The molecule has 1 N–H and O–H groups in total. The fraction of sp³-hybridized carbons (Fsp3) is 0.200. The Morgan fingerprint density at radius 1 is 1.26 bits per heavy atom. The van der Waals surface area contributed by atoms with Crippen LogP contribution in [0.2, 0.25) is 0 Å². The lowest BCUT2D eigenvalue weighted by Gasteiger charge is -2.17. The molecular weight excluding hydrogens is 311 g/mol. The first-order chi connectivity index (χ1) is 9.04. The van der Waals surface area contributed by atoms with Crippen LogP contribution in [0.4, 0.5) is 4.39 Å². The molecule has 0 aliphatic rings. The molecule has 0 spiro atoms. The summed E-state index contributed by atoms with van der Waals surface area (Å²) in [6.45, 7) is 1.86. The minimum Gasteiger partial charge on any atom is -0.497 e. The number of ether oxygens (including phenoxy) is 1. The molecule has 100 valence electrons. The van der Waals surface area contributed by atoms with Crippen molar-refractivity contribution in [3.63, 3.8) is 0 Å². The smallest absolute Gasteiger partial charge is 0.130 e. The van der Waals surface area contributed by atoms with Crippen LogP contribution in [0.5, 0.6) is 5.75 Å². The van der Waals surface area contributed by atoms with E-state index in [1.165, 1.54) is 6.07 Å². The summed E-state index contributed by atoms with van der Waals surface area (Å²) in [5, 5.41) is 10.4. The third-order valence-corrected chi connectivity index (χ3v) is 3.74. The van der Waals surface area contributed by atoms with Gasteiger partial charge in [-0.2, -0.15) is 0 Å². The highest BCUT2D eigenvalue weighted by atomic mass is 79.9. The second kappa shape index (κ2) is 5.72. The molecule has 19 heavy (non-hydrogen) atoms. The van der Waals surface area contributed by atoms with Crippen molar-refractivity contribution in [2.24, 2.45) is 0 Å². The molecule has 0 aromatic heterocycles. The van der Waals surface area contributed by atoms with Gasteiger partial charge in [0.15, 0.2) is 0 Å². The zero-order valence-electron chi connectivity index (χ0n) is 10.7. The fourth-order valence-corrected chi connectivity index (χ4v) is 2.57. The second-order valence-electron chi connectivity index (χ2n) is 4.26. The van der Waals surface area contributed by atoms with Gasteiger partial charge in [-0.15, -0.1) is 0 Å². The molecule has 2 nitrogen and oxygen atoms in total. The van der Waals surface area contributed by atoms with Crippen molar-refractivity contribution in [3.05, 3.63) is 63.4 Å². The summed E-state index contributed by atoms with van der Waals surface area (Å²) < 4.78 is 19.5. The molecule has 0 saturated heterocycles. The lowest BCUT2D eigenvalue weighted by atomic mass is 9.97. The molecule has 0 saturated carbocycles. The SMILES string of the molecule is COc1ccc(C(O)c2c(F)cccc2Br)c(C)c1. The van der Waals surface area contributed by atoms with E-state index in [-0.39, 0.29) is 5.56 Å². The highest BCUT2D eigenvalue weighted by molar-refractivity contribution is 9.10. The van der Waals surface area contributed by atoms with Crippen molar-refractivity contribution >= 4 is 15.9 Å². The topological polar surface area (TPSA) is 29.5 Å². The highest BCUT2D eigenvalue weighted by Crippen LogP contribution is 2.33. The molecule has 0 aliphatic heterocycles. The summed E-state index contributed by atoms with van der Waals surface area (Å²) in [6, 6.07) is 9.95. The van der Waals surface area contributed by atoms with E-state index in [4.69, 9.17) is 4.74 Å². The highest BCUT2D eigenvalue weighted by Gasteiger charge is 2.19. The van der Waals surface area contributed by atoms with Gasteiger partial charge in [0.2, 0.25) is 0 Å². The Kier molecular flexibility index (Phi) is 4.22. The first kappa shape index (κ1) is 14.0. The Hall–Kier alpha value is -1.39. The molecule has 2 aromatic rings. The summed E-state index contributed by atoms with van der Waals surface area (Å²) in [7, 11) is 1.58. The van der Waals surface area contributed by atoms with E-state index in [1.54, 1.807) is 31.4 Å². The van der Waals surface area contributed by atoms with Gasteiger partial charge in [-0.05, 0) is 42.3 Å². The number of rotatable bonds is 3. The largest absolute Gasteiger partial charge is 0.497 e. The van der Waals surface area contributed by atoms with Crippen LogP contribution in [0.3, 0.4) is 0 Å². The molecule has 2 rings (SSSR count). The maximum absolute atomic E-state index is 13.8. The van der Waals surface area contributed by atoms with Gasteiger partial charge in [0.1, 0.15) is 17.7 Å². The van der Waals surface area contributed by atoms with Gasteiger partial charge in [0, 0.05) is 10.0 Å². The van der Waals surface area contributed by atoms with Crippen LogP contribution in [0.15, 0.2) is 40.9 Å². The van der Waals surface area contributed by atoms with E-state index in [2.05, 4.69) is 15.9 Å². The van der Waals surface area contributed by atoms with Gasteiger partial charge in [-0.3, -0.25) is 0 Å². The van der Waals surface area contributed by atoms with Crippen molar-refractivity contribution in [1.82, 2.24) is 0 Å². The lowest BCUT2D eigenvalue weighted by Crippen LogP contribution is -2.05. The average Bonchev–Trinajstić information content (AvgIpc) is 2.38. The molecule has 1 unspecified atom stereocenters. The van der Waals surface area contributed by atoms with Gasteiger partial charge < -0.3 is 9.84 Å². The summed E-state index contributed by atoms with van der Waals surface area (Å²) in [5.74, 6) is 0.276. The van der Waals surface area contributed by atoms with Crippen molar-refractivity contribution in [2.75, 3.05) is 7.11 Å². The first-order valence-corrected chi connectivity index (χ1v) is 6.60. The van der Waals surface area contributed by atoms with Crippen molar-refractivity contribution < 1.29 is 14.2 Å². The number of methoxy groups -OCH3 is 1. The molecule has 0 amide bonds. The van der Waals surface area contributed by atoms with E-state index < -0.39 is 11.9 Å². The van der Waals surface area contributed by atoms with Crippen LogP contribution >= 0.6 is 15.9 Å². The third kappa shape index (κ3) is 2.80. The molecule has 0 bridgehead atoms. The van der Waals surface area contributed by atoms with Gasteiger partial charge in [0.05, 0.1) is 7.11 Å². The zero-order chi connectivity index (χ0) is 14.0. The molecule has 1 atom stereocenters. The zero-order valence-corrected chi connectivity index (χ0v) is 12.2. The van der Waals surface area contributed by atoms with Crippen LogP contribution in [-0.2, 0) is 0 Å². The maximum Gasteiger partial charge on any atom is 0.130 e. The number of hydrogen-bond donors (Lipinski definition) is 1. The minimum atomic E-state index is -1.01. The van der Waals surface area contributed by atoms with Gasteiger partial charge >= 0.3 is 0 Å². The van der Waals surface area contributed by atoms with Crippen molar-refractivity contribution in [1.29, 1.82) is 0 Å². The first-order valence-electron chi connectivity index (χ1n) is 5.81. The number of benzene rings is 2. The van der Waals surface area contributed by atoms with E-state index >= 15 is 0 Å². The molecule has 0 fully saturated rings. The number of aryl methyl sites for hydroxylation is 1. The number of hydrogen-bond acceptors (Lipinski definition) is 2. The Balaban J connectivity index is 2.47. The van der Waals surface area contributed by atoms with Gasteiger partial charge in [-0.25, -0.2) is 4.39 Å².